The predicted octanol–water partition coefficient (Wildman–Crippen LogP) is 3.37. The second-order valence-corrected chi connectivity index (χ2v) is 5.85. The molecule has 0 spiro atoms. The fourth-order valence-electron chi connectivity index (χ4n) is 1.69. The lowest BCUT2D eigenvalue weighted by atomic mass is 10.2. The monoisotopic (exact) mass is 261 g/mol. The van der Waals surface area contributed by atoms with E-state index in [0.29, 0.717) is 9.21 Å². The summed E-state index contributed by atoms with van der Waals surface area (Å²) in [4.78, 5) is 14.2. The highest BCUT2D eigenvalue weighted by Crippen LogP contribution is 2.33. The van der Waals surface area contributed by atoms with Gasteiger partial charge in [-0.25, -0.2) is 0 Å². The molecule has 0 aliphatic carbocycles. The van der Waals surface area contributed by atoms with E-state index >= 15 is 0 Å². The summed E-state index contributed by atoms with van der Waals surface area (Å²) in [6.45, 7) is 7.79. The number of hydrogen-bond donors (Lipinski definition) is 1. The smallest absolute Gasteiger partial charge is 0.268 e. The average molecular weight is 262 g/mol. The van der Waals surface area contributed by atoms with Gasteiger partial charge in [-0.2, -0.15) is 0 Å². The van der Waals surface area contributed by atoms with E-state index in [1.165, 1.54) is 6.07 Å². The number of carbonyl (C=O) groups excluding carboxylic acids is 1. The Morgan fingerprint density at radius 3 is 2.19 bits per heavy atom. The normalized spacial score (nSPS) is 11.2. The van der Waals surface area contributed by atoms with Gasteiger partial charge in [-0.15, -0.1) is 11.3 Å². The van der Waals surface area contributed by atoms with Gasteiger partial charge in [-0.1, -0.05) is 11.6 Å². The number of rotatable bonds is 3. The first-order valence-corrected chi connectivity index (χ1v) is 6.35. The molecule has 1 aromatic rings. The molecule has 90 valence electrons. The number of thiophene rings is 1. The molecule has 0 unspecified atom stereocenters. The van der Waals surface area contributed by atoms with Crippen molar-refractivity contribution >= 4 is 28.8 Å². The van der Waals surface area contributed by atoms with Crippen molar-refractivity contribution < 1.29 is 9.90 Å². The summed E-state index contributed by atoms with van der Waals surface area (Å²) in [6.07, 6.45) is 0. The van der Waals surface area contributed by atoms with Crippen molar-refractivity contribution in [3.63, 3.8) is 0 Å². The molecule has 3 nitrogen and oxygen atoms in total. The van der Waals surface area contributed by atoms with Gasteiger partial charge in [0.05, 0.1) is 4.34 Å². The number of halogens is 1. The Kier molecular flexibility index (Phi) is 4.21. The first-order valence-electron chi connectivity index (χ1n) is 5.15. The van der Waals surface area contributed by atoms with Gasteiger partial charge in [0.15, 0.2) is 0 Å². The van der Waals surface area contributed by atoms with Crippen molar-refractivity contribution in [2.24, 2.45) is 0 Å². The molecule has 0 saturated heterocycles. The van der Waals surface area contributed by atoms with Crippen LogP contribution >= 0.6 is 22.9 Å². The average Bonchev–Trinajstić information content (AvgIpc) is 2.43. The summed E-state index contributed by atoms with van der Waals surface area (Å²) < 4.78 is 0.424. The van der Waals surface area contributed by atoms with Crippen LogP contribution in [0.25, 0.3) is 0 Å². The van der Waals surface area contributed by atoms with E-state index in [0.717, 1.165) is 11.3 Å². The van der Waals surface area contributed by atoms with Crippen LogP contribution in [0.5, 0.6) is 5.75 Å². The Balaban J connectivity index is 3.04. The van der Waals surface area contributed by atoms with Crippen molar-refractivity contribution in [3.8, 4) is 5.75 Å². The Morgan fingerprint density at radius 2 is 1.88 bits per heavy atom. The van der Waals surface area contributed by atoms with Gasteiger partial charge >= 0.3 is 0 Å². The molecule has 0 aliphatic rings. The molecule has 16 heavy (non-hydrogen) atoms. The van der Waals surface area contributed by atoms with Crippen LogP contribution in [-0.4, -0.2) is 28.0 Å². The summed E-state index contributed by atoms with van der Waals surface area (Å²) in [5.41, 5.74) is 0. The van der Waals surface area contributed by atoms with Crippen LogP contribution in [0.4, 0.5) is 0 Å². The fourth-order valence-corrected chi connectivity index (χ4v) is 2.74. The lowest BCUT2D eigenvalue weighted by molar-refractivity contribution is 0.0646. The van der Waals surface area contributed by atoms with Gasteiger partial charge in [0.2, 0.25) is 0 Å². The number of hydrogen-bond acceptors (Lipinski definition) is 3. The molecule has 1 amide bonds. The van der Waals surface area contributed by atoms with Crippen molar-refractivity contribution in [1.29, 1.82) is 0 Å². The van der Waals surface area contributed by atoms with Gasteiger partial charge in [-0.05, 0) is 27.7 Å². The highest BCUT2D eigenvalue weighted by Gasteiger charge is 2.25. The summed E-state index contributed by atoms with van der Waals surface area (Å²) in [6, 6.07) is 1.58. The molecule has 1 N–H and O–H groups in total. The van der Waals surface area contributed by atoms with Crippen LogP contribution in [0.2, 0.25) is 4.34 Å². The van der Waals surface area contributed by atoms with Crippen LogP contribution in [0.1, 0.15) is 37.4 Å². The van der Waals surface area contributed by atoms with Crippen LogP contribution < -0.4 is 0 Å². The fraction of sp³-hybridized carbons (Fsp3) is 0.545. The van der Waals surface area contributed by atoms with E-state index in [9.17, 15) is 9.90 Å². The Hall–Kier alpha value is -0.740. The Bertz CT molecular complexity index is 379. The molecule has 0 saturated carbocycles. The topological polar surface area (TPSA) is 40.5 Å². The Morgan fingerprint density at radius 1 is 1.38 bits per heavy atom. The van der Waals surface area contributed by atoms with Gasteiger partial charge in [-0.3, -0.25) is 4.79 Å². The molecule has 0 fully saturated rings. The number of amides is 1. The van der Waals surface area contributed by atoms with Crippen LogP contribution in [-0.2, 0) is 0 Å². The first-order chi connectivity index (χ1) is 7.34. The second-order valence-electron chi connectivity index (χ2n) is 4.16. The molecule has 0 atom stereocenters. The van der Waals surface area contributed by atoms with Gasteiger partial charge in [0, 0.05) is 18.2 Å². The summed E-state index contributed by atoms with van der Waals surface area (Å²) >= 11 is 6.87. The minimum atomic E-state index is -0.167. The molecule has 0 aliphatic heterocycles. The maximum Gasteiger partial charge on any atom is 0.268 e. The highest BCUT2D eigenvalue weighted by molar-refractivity contribution is 7.18. The molecule has 1 heterocycles. The van der Waals surface area contributed by atoms with Gasteiger partial charge in [0.1, 0.15) is 10.6 Å². The van der Waals surface area contributed by atoms with E-state index in [4.69, 9.17) is 11.6 Å². The third-order valence-electron chi connectivity index (χ3n) is 2.22. The molecular weight excluding hydrogens is 246 g/mol. The third kappa shape index (κ3) is 2.68. The molecule has 0 aromatic carbocycles. The Labute approximate surface area is 105 Å². The summed E-state index contributed by atoms with van der Waals surface area (Å²) in [5.74, 6) is -0.203. The van der Waals surface area contributed by atoms with Crippen molar-refractivity contribution in [3.05, 3.63) is 15.3 Å². The zero-order chi connectivity index (χ0) is 12.5. The number of carbonyl (C=O) groups is 1. The molecule has 5 heteroatoms. The van der Waals surface area contributed by atoms with E-state index in [1.807, 2.05) is 27.7 Å². The van der Waals surface area contributed by atoms with Gasteiger partial charge in [0.25, 0.3) is 5.91 Å². The summed E-state index contributed by atoms with van der Waals surface area (Å²) in [7, 11) is 0. The minimum absolute atomic E-state index is 0.0358. The van der Waals surface area contributed by atoms with Crippen LogP contribution in [0.15, 0.2) is 6.07 Å². The molecule has 0 radical (unpaired) electrons. The SMILES string of the molecule is CC(C)N(C(=O)c1sc(Cl)cc1O)C(C)C. The zero-order valence-corrected chi connectivity index (χ0v) is 11.4. The first kappa shape index (κ1) is 13.3. The van der Waals surface area contributed by atoms with E-state index in [2.05, 4.69) is 0 Å². The number of aromatic hydroxyl groups is 1. The molecule has 1 aromatic heterocycles. The van der Waals surface area contributed by atoms with Crippen LogP contribution in [0.3, 0.4) is 0 Å². The minimum Gasteiger partial charge on any atom is -0.506 e. The zero-order valence-electron chi connectivity index (χ0n) is 9.82. The molecular formula is C11H16ClNO2S. The maximum absolute atomic E-state index is 12.2. The highest BCUT2D eigenvalue weighted by atomic mass is 35.5. The van der Waals surface area contributed by atoms with Gasteiger partial charge < -0.3 is 10.0 Å². The van der Waals surface area contributed by atoms with Crippen molar-refractivity contribution in [2.75, 3.05) is 0 Å². The standard InChI is InChI=1S/C11H16ClNO2S/c1-6(2)13(7(3)4)11(15)10-8(14)5-9(12)16-10/h5-7,14H,1-4H3. The van der Waals surface area contributed by atoms with Crippen molar-refractivity contribution in [1.82, 2.24) is 4.90 Å². The lowest BCUT2D eigenvalue weighted by Crippen LogP contribution is -2.41. The molecule has 0 bridgehead atoms. The van der Waals surface area contributed by atoms with E-state index in [1.54, 1.807) is 4.90 Å². The van der Waals surface area contributed by atoms with Crippen molar-refractivity contribution in [2.45, 2.75) is 39.8 Å². The predicted molar refractivity (Wildman–Crippen MR) is 67.4 cm³/mol. The third-order valence-corrected chi connectivity index (χ3v) is 3.47. The second kappa shape index (κ2) is 5.06. The number of nitrogens with zero attached hydrogens (tertiary/aromatic N) is 1. The molecule has 1 rings (SSSR count). The largest absolute Gasteiger partial charge is 0.506 e. The lowest BCUT2D eigenvalue weighted by Gasteiger charge is -2.30. The quantitative estimate of drug-likeness (QED) is 0.906. The van der Waals surface area contributed by atoms with E-state index < -0.39 is 0 Å². The van der Waals surface area contributed by atoms with Crippen LogP contribution in [0, 0.1) is 0 Å². The van der Waals surface area contributed by atoms with E-state index in [-0.39, 0.29) is 23.7 Å². The summed E-state index contributed by atoms with van der Waals surface area (Å²) in [5, 5.41) is 9.59. The maximum atomic E-state index is 12.2.